The van der Waals surface area contributed by atoms with Gasteiger partial charge in [0.1, 0.15) is 0 Å². The molecule has 0 N–H and O–H groups in total. The van der Waals surface area contributed by atoms with E-state index in [0.717, 1.165) is 18.2 Å². The van der Waals surface area contributed by atoms with Crippen molar-refractivity contribution in [2.24, 2.45) is 5.92 Å². The maximum atomic E-state index is 12.7. The predicted octanol–water partition coefficient (Wildman–Crippen LogP) is 6.08. The van der Waals surface area contributed by atoms with Crippen LogP contribution in [0.1, 0.15) is 52.0 Å². The molecule has 4 rings (SSSR count). The first-order valence-electron chi connectivity index (χ1n) is 11.2. The summed E-state index contributed by atoms with van der Waals surface area (Å²) >= 11 is 5.90. The number of amides is 1. The Bertz CT molecular complexity index is 1200. The molecule has 0 saturated carbocycles. The molecule has 0 aliphatic carbocycles. The van der Waals surface area contributed by atoms with Crippen molar-refractivity contribution < 1.29 is 22.8 Å². The zero-order valence-electron chi connectivity index (χ0n) is 18.7. The van der Waals surface area contributed by atoms with Crippen molar-refractivity contribution in [1.82, 2.24) is 14.7 Å². The van der Waals surface area contributed by atoms with Crippen molar-refractivity contribution in [1.29, 1.82) is 0 Å². The summed E-state index contributed by atoms with van der Waals surface area (Å²) < 4.78 is 39.3. The Labute approximate surface area is 200 Å². The van der Waals surface area contributed by atoms with Gasteiger partial charge in [-0.2, -0.15) is 18.3 Å². The van der Waals surface area contributed by atoms with Gasteiger partial charge in [-0.05, 0) is 67.6 Å². The number of carbonyl (C=O) groups excluding carboxylic acids is 2. The maximum Gasteiger partial charge on any atom is 0.389 e. The van der Waals surface area contributed by atoms with Crippen molar-refractivity contribution in [3.05, 3.63) is 64.3 Å². The van der Waals surface area contributed by atoms with Crippen LogP contribution in [-0.2, 0) is 6.54 Å². The monoisotopic (exact) mass is 491 g/mol. The second-order valence-electron chi connectivity index (χ2n) is 8.80. The molecule has 3 aromatic rings. The Kier molecular flexibility index (Phi) is 6.98. The number of aromatic nitrogens is 2. The standard InChI is InChI=1S/C25H25ClF3N3O2/c1-16-20(23(33)8-11-25(27,28)29)6-7-22-21(16)15-32(30-22)14-17-9-12-31(13-10-17)24(34)18-2-4-19(26)5-3-18/h2-7,15,17H,8-14H2,1H3. The minimum absolute atomic E-state index is 0.00158. The third-order valence-electron chi connectivity index (χ3n) is 6.38. The van der Waals surface area contributed by atoms with Gasteiger partial charge in [0, 0.05) is 53.8 Å². The molecule has 0 atom stereocenters. The molecule has 1 aliphatic heterocycles. The van der Waals surface area contributed by atoms with E-state index in [9.17, 15) is 22.8 Å². The smallest absolute Gasteiger partial charge is 0.339 e. The number of hydrogen-bond donors (Lipinski definition) is 0. The van der Waals surface area contributed by atoms with E-state index in [-0.39, 0.29) is 5.91 Å². The Morgan fingerprint density at radius 3 is 2.41 bits per heavy atom. The van der Waals surface area contributed by atoms with Gasteiger partial charge in [-0.3, -0.25) is 14.3 Å². The predicted molar refractivity (Wildman–Crippen MR) is 124 cm³/mol. The third-order valence-corrected chi connectivity index (χ3v) is 6.63. The van der Waals surface area contributed by atoms with Crippen LogP contribution in [0.15, 0.2) is 42.6 Å². The minimum atomic E-state index is -4.35. The lowest BCUT2D eigenvalue weighted by atomic mass is 9.96. The van der Waals surface area contributed by atoms with E-state index >= 15 is 0 Å². The Morgan fingerprint density at radius 1 is 1.09 bits per heavy atom. The number of rotatable bonds is 6. The van der Waals surface area contributed by atoms with Crippen molar-refractivity contribution in [3.63, 3.8) is 0 Å². The fraction of sp³-hybridized carbons (Fsp3) is 0.400. The van der Waals surface area contributed by atoms with Gasteiger partial charge in [-0.25, -0.2) is 0 Å². The van der Waals surface area contributed by atoms with Gasteiger partial charge >= 0.3 is 6.18 Å². The zero-order valence-corrected chi connectivity index (χ0v) is 19.5. The summed E-state index contributed by atoms with van der Waals surface area (Å²) in [5, 5.41) is 5.96. The van der Waals surface area contributed by atoms with Crippen molar-refractivity contribution >= 4 is 34.2 Å². The number of benzene rings is 2. The summed E-state index contributed by atoms with van der Waals surface area (Å²) in [6, 6.07) is 10.1. The molecule has 1 aliphatic rings. The van der Waals surface area contributed by atoms with Gasteiger partial charge in [0.25, 0.3) is 5.91 Å². The van der Waals surface area contributed by atoms with Crippen molar-refractivity contribution in [2.75, 3.05) is 13.1 Å². The van der Waals surface area contributed by atoms with E-state index in [1.54, 1.807) is 43.3 Å². The maximum absolute atomic E-state index is 12.7. The van der Waals surface area contributed by atoms with Crippen LogP contribution in [0.4, 0.5) is 13.2 Å². The quantitative estimate of drug-likeness (QED) is 0.393. The van der Waals surface area contributed by atoms with Gasteiger partial charge in [-0.1, -0.05) is 11.6 Å². The molecule has 5 nitrogen and oxygen atoms in total. The second-order valence-corrected chi connectivity index (χ2v) is 9.24. The molecule has 0 radical (unpaired) electrons. The first-order valence-corrected chi connectivity index (χ1v) is 11.6. The van der Waals surface area contributed by atoms with E-state index in [1.807, 2.05) is 15.8 Å². The second kappa shape index (κ2) is 9.78. The minimum Gasteiger partial charge on any atom is -0.339 e. The normalized spacial score (nSPS) is 15.1. The van der Waals surface area contributed by atoms with E-state index in [2.05, 4.69) is 5.10 Å². The van der Waals surface area contributed by atoms with Gasteiger partial charge in [0.15, 0.2) is 5.78 Å². The van der Waals surface area contributed by atoms with Gasteiger partial charge in [-0.15, -0.1) is 0 Å². The number of piperidine rings is 1. The van der Waals surface area contributed by atoms with E-state index in [4.69, 9.17) is 11.6 Å². The molecule has 0 spiro atoms. The highest BCUT2D eigenvalue weighted by molar-refractivity contribution is 6.30. The summed E-state index contributed by atoms with van der Waals surface area (Å²) in [7, 11) is 0. The largest absolute Gasteiger partial charge is 0.389 e. The molecule has 2 aromatic carbocycles. The number of alkyl halides is 3. The zero-order chi connectivity index (χ0) is 24.5. The summed E-state index contributed by atoms with van der Waals surface area (Å²) in [5.74, 6) is -0.169. The number of aryl methyl sites for hydroxylation is 1. The number of Topliss-reactive ketones (excluding diaryl/α,β-unsaturated/α-hetero) is 1. The molecule has 0 bridgehead atoms. The molecule has 1 saturated heterocycles. The van der Waals surface area contributed by atoms with Gasteiger partial charge < -0.3 is 4.90 Å². The van der Waals surface area contributed by atoms with E-state index < -0.39 is 24.8 Å². The molecule has 180 valence electrons. The van der Waals surface area contributed by atoms with Gasteiger partial charge in [0.2, 0.25) is 0 Å². The molecular weight excluding hydrogens is 467 g/mol. The first kappa shape index (κ1) is 24.3. The van der Waals surface area contributed by atoms with Crippen LogP contribution in [0.2, 0.25) is 5.02 Å². The molecule has 9 heteroatoms. The fourth-order valence-electron chi connectivity index (χ4n) is 4.42. The van der Waals surface area contributed by atoms with Crippen LogP contribution < -0.4 is 0 Å². The third kappa shape index (κ3) is 5.60. The molecule has 1 aromatic heterocycles. The molecule has 1 amide bonds. The van der Waals surface area contributed by atoms with Crippen LogP contribution in [0.25, 0.3) is 10.9 Å². The van der Waals surface area contributed by atoms with Crippen LogP contribution in [-0.4, -0.2) is 45.6 Å². The average Bonchev–Trinajstić information content (AvgIpc) is 3.21. The first-order chi connectivity index (χ1) is 16.1. The lowest BCUT2D eigenvalue weighted by Crippen LogP contribution is -2.39. The van der Waals surface area contributed by atoms with Gasteiger partial charge in [0.05, 0.1) is 11.9 Å². The van der Waals surface area contributed by atoms with Crippen LogP contribution in [0.3, 0.4) is 0 Å². The number of carbonyl (C=O) groups is 2. The number of nitrogens with zero attached hydrogens (tertiary/aromatic N) is 3. The topological polar surface area (TPSA) is 55.2 Å². The molecular formula is C25H25ClF3N3O2. The Balaban J connectivity index is 1.38. The van der Waals surface area contributed by atoms with Crippen LogP contribution in [0, 0.1) is 12.8 Å². The summed E-state index contributed by atoms with van der Waals surface area (Å²) in [6.45, 7) is 3.73. The summed E-state index contributed by atoms with van der Waals surface area (Å²) in [4.78, 5) is 26.9. The van der Waals surface area contributed by atoms with Crippen molar-refractivity contribution in [3.8, 4) is 0 Å². The summed E-state index contributed by atoms with van der Waals surface area (Å²) in [5.41, 5.74) is 2.29. The molecule has 2 heterocycles. The SMILES string of the molecule is Cc1c(C(=O)CCC(F)(F)F)ccc2nn(CC3CCN(C(=O)c4ccc(Cl)cc4)CC3)cc12. The van der Waals surface area contributed by atoms with Crippen LogP contribution >= 0.6 is 11.6 Å². The van der Waals surface area contributed by atoms with E-state index in [0.29, 0.717) is 52.8 Å². The molecule has 34 heavy (non-hydrogen) atoms. The number of ketones is 1. The van der Waals surface area contributed by atoms with E-state index in [1.165, 1.54) is 0 Å². The number of halogens is 4. The molecule has 1 fully saturated rings. The number of likely N-dealkylation sites (tertiary alicyclic amines) is 1. The Morgan fingerprint density at radius 2 is 1.76 bits per heavy atom. The van der Waals surface area contributed by atoms with Crippen LogP contribution in [0.5, 0.6) is 0 Å². The fourth-order valence-corrected chi connectivity index (χ4v) is 4.55. The lowest BCUT2D eigenvalue weighted by molar-refractivity contribution is -0.133. The highest BCUT2D eigenvalue weighted by atomic mass is 35.5. The highest BCUT2D eigenvalue weighted by Crippen LogP contribution is 2.27. The van der Waals surface area contributed by atoms with Crippen molar-refractivity contribution in [2.45, 2.75) is 45.3 Å². The Hall–Kier alpha value is -2.87. The molecule has 0 unspecified atom stereocenters. The lowest BCUT2D eigenvalue weighted by Gasteiger charge is -2.32. The number of fused-ring (bicyclic) bond motifs is 1. The summed E-state index contributed by atoms with van der Waals surface area (Å²) in [6.07, 6.45) is -2.49. The number of hydrogen-bond acceptors (Lipinski definition) is 3. The average molecular weight is 492 g/mol. The highest BCUT2D eigenvalue weighted by Gasteiger charge is 2.29.